The van der Waals surface area contributed by atoms with Gasteiger partial charge in [0.15, 0.2) is 0 Å². The van der Waals surface area contributed by atoms with E-state index in [1.165, 1.54) is 12.8 Å². The highest BCUT2D eigenvalue weighted by Crippen LogP contribution is 2.13. The molecule has 0 rings (SSSR count). The fourth-order valence-corrected chi connectivity index (χ4v) is 1.21. The van der Waals surface area contributed by atoms with Crippen molar-refractivity contribution in [3.63, 3.8) is 0 Å². The van der Waals surface area contributed by atoms with Crippen LogP contribution in [0, 0.1) is 5.92 Å². The van der Waals surface area contributed by atoms with Crippen molar-refractivity contribution in [2.75, 3.05) is 14.1 Å². The first-order valence-electron chi connectivity index (χ1n) is 4.26. The zero-order chi connectivity index (χ0) is 8.15. The van der Waals surface area contributed by atoms with Crippen molar-refractivity contribution in [1.29, 1.82) is 0 Å². The normalized spacial score (nSPS) is 17.4. The lowest BCUT2D eigenvalue weighted by Crippen LogP contribution is -2.30. The van der Waals surface area contributed by atoms with Gasteiger partial charge in [0.05, 0.1) is 0 Å². The lowest BCUT2D eigenvalue weighted by atomic mass is 9.98. The van der Waals surface area contributed by atoms with E-state index in [1.54, 1.807) is 0 Å². The topological polar surface area (TPSA) is 3.24 Å². The Labute approximate surface area is 65.4 Å². The smallest absolute Gasteiger partial charge is 0.00864 e. The van der Waals surface area contributed by atoms with Crippen LogP contribution in [-0.4, -0.2) is 25.0 Å². The third-order valence-electron chi connectivity index (χ3n) is 2.38. The molecule has 2 atom stereocenters. The summed E-state index contributed by atoms with van der Waals surface area (Å²) in [5.74, 6) is 0.833. The quantitative estimate of drug-likeness (QED) is 0.584. The fraction of sp³-hybridized carbons (Fsp3) is 1.00. The summed E-state index contributed by atoms with van der Waals surface area (Å²) in [7, 11) is 4.30. The van der Waals surface area contributed by atoms with Crippen LogP contribution in [0.2, 0.25) is 0 Å². The summed E-state index contributed by atoms with van der Waals surface area (Å²) in [6.45, 7) is 6.87. The largest absolute Gasteiger partial charge is 0.306 e. The van der Waals surface area contributed by atoms with Crippen LogP contribution < -0.4 is 0 Å². The van der Waals surface area contributed by atoms with Crippen LogP contribution in [0.1, 0.15) is 33.6 Å². The second-order valence-electron chi connectivity index (χ2n) is 3.47. The summed E-state index contributed by atoms with van der Waals surface area (Å²) < 4.78 is 0. The zero-order valence-electron chi connectivity index (χ0n) is 8.02. The van der Waals surface area contributed by atoms with Crippen molar-refractivity contribution < 1.29 is 0 Å². The molecule has 0 aliphatic rings. The fourth-order valence-electron chi connectivity index (χ4n) is 1.21. The van der Waals surface area contributed by atoms with Crippen molar-refractivity contribution in [2.45, 2.75) is 39.7 Å². The average Bonchev–Trinajstić information content (AvgIpc) is 1.87. The maximum atomic E-state index is 2.33. The molecule has 0 heterocycles. The lowest BCUT2D eigenvalue weighted by molar-refractivity contribution is 0.229. The van der Waals surface area contributed by atoms with Crippen LogP contribution in [-0.2, 0) is 0 Å². The Bertz CT molecular complexity index is 78.8. The number of nitrogens with zero attached hydrogens (tertiary/aromatic N) is 1. The first kappa shape index (κ1) is 9.96. The molecule has 1 heteroatoms. The van der Waals surface area contributed by atoms with Crippen molar-refractivity contribution in [1.82, 2.24) is 4.90 Å². The standard InChI is InChI=1S/C9H21N/c1-6-7-8(2)9(3)10(4)5/h8-9H,6-7H2,1-5H3. The minimum absolute atomic E-state index is 0.722. The number of hydrogen-bond acceptors (Lipinski definition) is 1. The van der Waals surface area contributed by atoms with Crippen LogP contribution >= 0.6 is 0 Å². The molecule has 0 aromatic rings. The molecule has 1 nitrogen and oxygen atoms in total. The molecule has 0 N–H and O–H groups in total. The Hall–Kier alpha value is -0.0400. The van der Waals surface area contributed by atoms with Crippen molar-refractivity contribution in [2.24, 2.45) is 5.92 Å². The van der Waals surface area contributed by atoms with Crippen LogP contribution in [0.25, 0.3) is 0 Å². The van der Waals surface area contributed by atoms with Gasteiger partial charge in [-0.2, -0.15) is 0 Å². The minimum atomic E-state index is 0.722. The molecule has 2 unspecified atom stereocenters. The number of hydrogen-bond donors (Lipinski definition) is 0. The maximum Gasteiger partial charge on any atom is 0.00864 e. The SMILES string of the molecule is CCCC(C)C(C)N(C)C. The lowest BCUT2D eigenvalue weighted by Gasteiger charge is -2.25. The summed E-state index contributed by atoms with van der Waals surface area (Å²) in [5, 5.41) is 0. The Morgan fingerprint density at radius 2 is 1.70 bits per heavy atom. The Morgan fingerprint density at radius 3 is 2.00 bits per heavy atom. The second-order valence-corrected chi connectivity index (χ2v) is 3.47. The van der Waals surface area contributed by atoms with Gasteiger partial charge in [-0.15, -0.1) is 0 Å². The molecular weight excluding hydrogens is 122 g/mol. The molecule has 0 bridgehead atoms. The highest BCUT2D eigenvalue weighted by atomic mass is 15.1. The van der Waals surface area contributed by atoms with E-state index < -0.39 is 0 Å². The summed E-state index contributed by atoms with van der Waals surface area (Å²) in [5.41, 5.74) is 0. The molecule has 0 spiro atoms. The molecule has 62 valence electrons. The van der Waals surface area contributed by atoms with Crippen molar-refractivity contribution in [3.05, 3.63) is 0 Å². The highest BCUT2D eigenvalue weighted by molar-refractivity contribution is 4.66. The summed E-state index contributed by atoms with van der Waals surface area (Å²) in [4.78, 5) is 2.29. The van der Waals surface area contributed by atoms with Gasteiger partial charge < -0.3 is 4.90 Å². The molecule has 0 amide bonds. The average molecular weight is 143 g/mol. The van der Waals surface area contributed by atoms with E-state index in [9.17, 15) is 0 Å². The van der Waals surface area contributed by atoms with Crippen LogP contribution in [0.4, 0.5) is 0 Å². The molecule has 0 aliphatic carbocycles. The summed E-state index contributed by atoms with van der Waals surface area (Å²) in [6.07, 6.45) is 2.65. The summed E-state index contributed by atoms with van der Waals surface area (Å²) >= 11 is 0. The van der Waals surface area contributed by atoms with E-state index >= 15 is 0 Å². The molecule has 0 radical (unpaired) electrons. The Balaban J connectivity index is 3.58. The van der Waals surface area contributed by atoms with E-state index in [-0.39, 0.29) is 0 Å². The van der Waals surface area contributed by atoms with Gasteiger partial charge in [0.25, 0.3) is 0 Å². The van der Waals surface area contributed by atoms with E-state index in [2.05, 4.69) is 39.8 Å². The third-order valence-corrected chi connectivity index (χ3v) is 2.38. The van der Waals surface area contributed by atoms with Crippen LogP contribution in [0.15, 0.2) is 0 Å². The van der Waals surface area contributed by atoms with Gasteiger partial charge in [-0.05, 0) is 33.4 Å². The van der Waals surface area contributed by atoms with Crippen LogP contribution in [0.5, 0.6) is 0 Å². The first-order chi connectivity index (χ1) is 4.59. The Morgan fingerprint density at radius 1 is 1.20 bits per heavy atom. The van der Waals surface area contributed by atoms with Crippen molar-refractivity contribution >= 4 is 0 Å². The van der Waals surface area contributed by atoms with E-state index in [0.29, 0.717) is 0 Å². The van der Waals surface area contributed by atoms with Crippen molar-refractivity contribution in [3.8, 4) is 0 Å². The van der Waals surface area contributed by atoms with Gasteiger partial charge in [0.2, 0.25) is 0 Å². The van der Waals surface area contributed by atoms with E-state index in [0.717, 1.165) is 12.0 Å². The predicted octanol–water partition coefficient (Wildman–Crippen LogP) is 2.37. The van der Waals surface area contributed by atoms with Gasteiger partial charge in [0.1, 0.15) is 0 Å². The number of rotatable bonds is 4. The monoisotopic (exact) mass is 143 g/mol. The predicted molar refractivity (Wildman–Crippen MR) is 47.2 cm³/mol. The third kappa shape index (κ3) is 3.21. The molecule has 10 heavy (non-hydrogen) atoms. The first-order valence-corrected chi connectivity index (χ1v) is 4.26. The minimum Gasteiger partial charge on any atom is -0.306 e. The molecule has 0 saturated carbocycles. The molecule has 0 fully saturated rings. The van der Waals surface area contributed by atoms with Crippen LogP contribution in [0.3, 0.4) is 0 Å². The van der Waals surface area contributed by atoms with Gasteiger partial charge in [-0.3, -0.25) is 0 Å². The Kier molecular flexibility index (Phi) is 4.71. The zero-order valence-corrected chi connectivity index (χ0v) is 8.02. The van der Waals surface area contributed by atoms with Gasteiger partial charge in [0, 0.05) is 6.04 Å². The van der Waals surface area contributed by atoms with E-state index in [1.807, 2.05) is 0 Å². The molecule has 0 aliphatic heterocycles. The highest BCUT2D eigenvalue weighted by Gasteiger charge is 2.11. The molecule has 0 aromatic carbocycles. The molecular formula is C9H21N. The maximum absolute atomic E-state index is 2.33. The van der Waals surface area contributed by atoms with Gasteiger partial charge in [-0.1, -0.05) is 20.3 Å². The molecule has 0 saturated heterocycles. The molecule has 0 aromatic heterocycles. The second kappa shape index (κ2) is 4.73. The van der Waals surface area contributed by atoms with Gasteiger partial charge >= 0.3 is 0 Å². The van der Waals surface area contributed by atoms with Gasteiger partial charge in [-0.25, -0.2) is 0 Å². The van der Waals surface area contributed by atoms with E-state index in [4.69, 9.17) is 0 Å². The summed E-state index contributed by atoms with van der Waals surface area (Å²) in [6, 6.07) is 0.722.